The van der Waals surface area contributed by atoms with E-state index in [0.717, 1.165) is 22.2 Å². The molecule has 7 heteroatoms. The first-order chi connectivity index (χ1) is 11.9. The number of sulfone groups is 1. The number of aryl methyl sites for hydroxylation is 2. The van der Waals surface area contributed by atoms with E-state index in [1.54, 1.807) is 43.5 Å². The van der Waals surface area contributed by atoms with Crippen LogP contribution in [0.2, 0.25) is 0 Å². The van der Waals surface area contributed by atoms with Crippen LogP contribution in [0, 0.1) is 6.92 Å². The van der Waals surface area contributed by atoms with Crippen LogP contribution in [-0.4, -0.2) is 24.3 Å². The van der Waals surface area contributed by atoms with Crippen molar-refractivity contribution in [2.45, 2.75) is 18.2 Å². The summed E-state index contributed by atoms with van der Waals surface area (Å²) < 4.78 is 24.5. The van der Waals surface area contributed by atoms with E-state index < -0.39 is 9.84 Å². The molecular formula is C18H17N3O3S. The SMILES string of the molecule is Cc1cc(Nc2c(N)cnc3ccc4c(c23)CCS4(=O)=O)ccc1O. The smallest absolute Gasteiger partial charge is 0.179 e. The second-order valence-electron chi connectivity index (χ2n) is 6.22. The molecule has 0 amide bonds. The van der Waals surface area contributed by atoms with Gasteiger partial charge in [0.1, 0.15) is 5.75 Å². The van der Waals surface area contributed by atoms with Gasteiger partial charge in [-0.3, -0.25) is 4.98 Å². The summed E-state index contributed by atoms with van der Waals surface area (Å²) in [7, 11) is -3.24. The lowest BCUT2D eigenvalue weighted by Gasteiger charge is -2.15. The highest BCUT2D eigenvalue weighted by Crippen LogP contribution is 2.39. The number of phenols is 1. The molecule has 0 aliphatic carbocycles. The monoisotopic (exact) mass is 355 g/mol. The highest BCUT2D eigenvalue weighted by molar-refractivity contribution is 7.91. The third kappa shape index (κ3) is 2.47. The van der Waals surface area contributed by atoms with Crippen LogP contribution in [0.4, 0.5) is 17.1 Å². The number of nitrogens with two attached hydrogens (primary N) is 1. The van der Waals surface area contributed by atoms with Gasteiger partial charge in [-0.25, -0.2) is 8.42 Å². The predicted octanol–water partition coefficient (Wildman–Crippen LogP) is 2.90. The molecule has 4 N–H and O–H groups in total. The lowest BCUT2D eigenvalue weighted by atomic mass is 10.0. The molecule has 0 spiro atoms. The number of fused-ring (bicyclic) bond motifs is 3. The number of hydrogen-bond acceptors (Lipinski definition) is 6. The number of nitrogens with zero attached hydrogens (tertiary/aromatic N) is 1. The number of benzene rings is 2. The molecule has 25 heavy (non-hydrogen) atoms. The van der Waals surface area contributed by atoms with Crippen LogP contribution in [-0.2, 0) is 16.3 Å². The Morgan fingerprint density at radius 2 is 2.04 bits per heavy atom. The van der Waals surface area contributed by atoms with Crippen LogP contribution in [0.1, 0.15) is 11.1 Å². The highest BCUT2D eigenvalue weighted by Gasteiger charge is 2.29. The molecule has 0 saturated heterocycles. The maximum absolute atomic E-state index is 12.2. The van der Waals surface area contributed by atoms with Gasteiger partial charge in [-0.15, -0.1) is 0 Å². The van der Waals surface area contributed by atoms with Crippen molar-refractivity contribution in [3.8, 4) is 5.75 Å². The topological polar surface area (TPSA) is 105 Å². The number of rotatable bonds is 2. The van der Waals surface area contributed by atoms with Gasteiger partial charge in [-0.05, 0) is 54.8 Å². The molecule has 1 aliphatic rings. The Kier molecular flexibility index (Phi) is 3.36. The van der Waals surface area contributed by atoms with Crippen LogP contribution in [0.25, 0.3) is 10.9 Å². The van der Waals surface area contributed by atoms with Gasteiger partial charge in [-0.1, -0.05) is 0 Å². The van der Waals surface area contributed by atoms with Crippen molar-refractivity contribution in [1.82, 2.24) is 4.98 Å². The number of aromatic nitrogens is 1. The first-order valence-electron chi connectivity index (χ1n) is 7.86. The van der Waals surface area contributed by atoms with Crippen LogP contribution in [0.5, 0.6) is 5.75 Å². The van der Waals surface area contributed by atoms with Gasteiger partial charge in [0.15, 0.2) is 9.84 Å². The molecule has 1 aliphatic heterocycles. The maximum Gasteiger partial charge on any atom is 0.179 e. The molecule has 0 saturated carbocycles. The third-order valence-electron chi connectivity index (χ3n) is 4.55. The standard InChI is InChI=1S/C18H17N3O3S/c1-10-8-11(2-4-15(10)22)21-18-13(19)9-20-14-3-5-16-12(17(14)18)6-7-25(16,23)24/h2-5,8-9,22H,6-7,19H2,1H3,(H,20,21). The van der Waals surface area contributed by atoms with Crippen LogP contribution in [0.3, 0.4) is 0 Å². The van der Waals surface area contributed by atoms with Crippen LogP contribution in [0.15, 0.2) is 41.4 Å². The van der Waals surface area contributed by atoms with E-state index in [4.69, 9.17) is 5.73 Å². The fourth-order valence-corrected chi connectivity index (χ4v) is 4.80. The second-order valence-corrected chi connectivity index (χ2v) is 8.30. The van der Waals surface area contributed by atoms with Crippen LogP contribution >= 0.6 is 0 Å². The zero-order valence-corrected chi connectivity index (χ0v) is 14.4. The molecule has 0 atom stereocenters. The summed E-state index contributed by atoms with van der Waals surface area (Å²) in [5.41, 5.74) is 10.2. The number of aromatic hydroxyl groups is 1. The number of nitrogen functional groups attached to an aromatic ring is 1. The number of pyridine rings is 1. The minimum absolute atomic E-state index is 0.105. The molecule has 6 nitrogen and oxygen atoms in total. The molecule has 0 bridgehead atoms. The van der Waals surface area contributed by atoms with Crippen molar-refractivity contribution in [2.24, 2.45) is 0 Å². The fraction of sp³-hybridized carbons (Fsp3) is 0.167. The van der Waals surface area contributed by atoms with E-state index in [1.807, 2.05) is 0 Å². The van der Waals surface area contributed by atoms with Crippen molar-refractivity contribution in [2.75, 3.05) is 16.8 Å². The summed E-state index contributed by atoms with van der Waals surface area (Å²) in [6.45, 7) is 1.80. The molecule has 1 aromatic heterocycles. The van der Waals surface area contributed by atoms with Crippen molar-refractivity contribution in [1.29, 1.82) is 0 Å². The highest BCUT2D eigenvalue weighted by atomic mass is 32.2. The first-order valence-corrected chi connectivity index (χ1v) is 9.51. The Hall–Kier alpha value is -2.80. The fourth-order valence-electron chi connectivity index (χ4n) is 3.25. The lowest BCUT2D eigenvalue weighted by Crippen LogP contribution is -2.01. The Labute approximate surface area is 145 Å². The Bertz CT molecular complexity index is 1120. The number of phenolic OH excluding ortho intramolecular Hbond substituents is 1. The minimum atomic E-state index is -3.24. The first kappa shape index (κ1) is 15.7. The van der Waals surface area contributed by atoms with Gasteiger partial charge in [0.2, 0.25) is 0 Å². The summed E-state index contributed by atoms with van der Waals surface area (Å²) >= 11 is 0. The van der Waals surface area contributed by atoms with Gasteiger partial charge in [0.05, 0.1) is 33.7 Å². The van der Waals surface area contributed by atoms with Crippen molar-refractivity contribution in [3.05, 3.63) is 47.7 Å². The lowest BCUT2D eigenvalue weighted by molar-refractivity contribution is 0.471. The van der Waals surface area contributed by atoms with Gasteiger partial charge in [0, 0.05) is 11.1 Å². The molecule has 0 fully saturated rings. The minimum Gasteiger partial charge on any atom is -0.508 e. The summed E-state index contributed by atoms with van der Waals surface area (Å²) in [6.07, 6.45) is 2.01. The number of hydrogen-bond donors (Lipinski definition) is 3. The quantitative estimate of drug-likeness (QED) is 0.611. The van der Waals surface area contributed by atoms with E-state index in [1.165, 1.54) is 0 Å². The largest absolute Gasteiger partial charge is 0.508 e. The third-order valence-corrected chi connectivity index (χ3v) is 6.35. The zero-order valence-electron chi connectivity index (χ0n) is 13.6. The average Bonchev–Trinajstić information content (AvgIpc) is 2.88. The van der Waals surface area contributed by atoms with E-state index in [9.17, 15) is 13.5 Å². The molecule has 2 aromatic carbocycles. The zero-order chi connectivity index (χ0) is 17.8. The molecule has 0 radical (unpaired) electrons. The Morgan fingerprint density at radius 3 is 2.80 bits per heavy atom. The molecule has 4 rings (SSSR count). The van der Waals surface area contributed by atoms with Crippen molar-refractivity contribution < 1.29 is 13.5 Å². The van der Waals surface area contributed by atoms with E-state index >= 15 is 0 Å². The normalized spacial score (nSPS) is 15.2. The molecule has 128 valence electrons. The molecular weight excluding hydrogens is 338 g/mol. The van der Waals surface area contributed by atoms with E-state index in [2.05, 4.69) is 10.3 Å². The number of nitrogens with one attached hydrogen (secondary N) is 1. The molecule has 3 aromatic rings. The van der Waals surface area contributed by atoms with Crippen molar-refractivity contribution >= 4 is 37.8 Å². The number of anilines is 3. The Balaban J connectivity index is 1.95. The summed E-state index contributed by atoms with van der Waals surface area (Å²) in [5, 5.41) is 13.7. The summed E-state index contributed by atoms with van der Waals surface area (Å²) in [4.78, 5) is 4.70. The van der Waals surface area contributed by atoms with Gasteiger partial charge >= 0.3 is 0 Å². The van der Waals surface area contributed by atoms with E-state index in [-0.39, 0.29) is 11.5 Å². The van der Waals surface area contributed by atoms with Gasteiger partial charge in [-0.2, -0.15) is 0 Å². The molecule has 2 heterocycles. The summed E-state index contributed by atoms with van der Waals surface area (Å²) in [6, 6.07) is 8.49. The maximum atomic E-state index is 12.2. The van der Waals surface area contributed by atoms with Gasteiger partial charge in [0.25, 0.3) is 0 Å². The van der Waals surface area contributed by atoms with Crippen molar-refractivity contribution in [3.63, 3.8) is 0 Å². The average molecular weight is 355 g/mol. The predicted molar refractivity (Wildman–Crippen MR) is 98.0 cm³/mol. The molecule has 0 unspecified atom stereocenters. The Morgan fingerprint density at radius 1 is 1.24 bits per heavy atom. The van der Waals surface area contributed by atoms with Gasteiger partial charge < -0.3 is 16.2 Å². The van der Waals surface area contributed by atoms with Crippen LogP contribution < -0.4 is 11.1 Å². The second kappa shape index (κ2) is 5.35. The summed E-state index contributed by atoms with van der Waals surface area (Å²) in [5.74, 6) is 0.318. The van der Waals surface area contributed by atoms with E-state index in [0.29, 0.717) is 28.2 Å².